The second-order valence-electron chi connectivity index (χ2n) is 11.8. The Morgan fingerprint density at radius 3 is 2.86 bits per heavy atom. The number of piperidine rings is 1. The van der Waals surface area contributed by atoms with Crippen LogP contribution in [-0.4, -0.2) is 47.2 Å². The second kappa shape index (κ2) is 6.80. The fourth-order valence-electron chi connectivity index (χ4n) is 8.45. The summed E-state index contributed by atoms with van der Waals surface area (Å²) < 4.78 is 12.7. The summed E-state index contributed by atoms with van der Waals surface area (Å²) in [4.78, 5) is 20.6. The van der Waals surface area contributed by atoms with Gasteiger partial charge in [-0.2, -0.15) is 0 Å². The summed E-state index contributed by atoms with van der Waals surface area (Å²) in [6.45, 7) is 4.60. The Kier molecular flexibility index (Phi) is 3.97. The molecule has 0 amide bonds. The zero-order valence-electron chi connectivity index (χ0n) is 20.7. The number of hydrogen-bond acceptors (Lipinski definition) is 5. The molecule has 2 aromatic carbocycles. The number of aromatic nitrogens is 1. The summed E-state index contributed by atoms with van der Waals surface area (Å²) in [7, 11) is 1.70. The van der Waals surface area contributed by atoms with Gasteiger partial charge in [-0.05, 0) is 67.8 Å². The summed E-state index contributed by atoms with van der Waals surface area (Å²) in [6.07, 6.45) is 4.99. The summed E-state index contributed by atoms with van der Waals surface area (Å²) in [5.74, 6) is 1.54. The number of hydrogen-bond donors (Lipinski definition) is 1. The molecule has 3 heterocycles. The molecule has 8 rings (SSSR count). The number of rotatable bonds is 4. The lowest BCUT2D eigenvalue weighted by atomic mass is 9.44. The van der Waals surface area contributed by atoms with Crippen LogP contribution < -0.4 is 9.47 Å². The molecular weight excluding hydrogens is 452 g/mol. The van der Waals surface area contributed by atoms with Gasteiger partial charge in [0.05, 0.1) is 29.3 Å². The normalized spacial score (nSPS) is 31.5. The number of fused-ring (bicyclic) bond motifs is 3. The molecular formula is C30H30N2O4. The van der Waals surface area contributed by atoms with Crippen LogP contribution in [-0.2, 0) is 18.3 Å². The zero-order valence-corrected chi connectivity index (χ0v) is 20.7. The van der Waals surface area contributed by atoms with E-state index in [0.29, 0.717) is 23.4 Å². The lowest BCUT2D eigenvalue weighted by molar-refractivity contribution is -0.100. The highest BCUT2D eigenvalue weighted by Gasteiger charge is 2.71. The van der Waals surface area contributed by atoms with E-state index < -0.39 is 5.97 Å². The predicted octanol–water partition coefficient (Wildman–Crippen LogP) is 4.92. The van der Waals surface area contributed by atoms with Crippen LogP contribution in [0.4, 0.5) is 0 Å². The standard InChI is InChI=1S/C30H30N2O4/c1-29-14-19-23(28(33)34)18-5-3-4-6-20(18)31-25(19)27-30(29)11-12-32(15-16-7-8-16)22(29)13-17-9-10-21(35-2)26(36-27)24(17)30/h3-6,9-10,16,22,27H,7-8,11-15H2,1-2H3,(H,33,34)/t22-,27+,29?,30+/m1/s1. The molecule has 3 aromatic rings. The van der Waals surface area contributed by atoms with E-state index in [4.69, 9.17) is 14.5 Å². The maximum Gasteiger partial charge on any atom is 0.336 e. The van der Waals surface area contributed by atoms with Crippen LogP contribution >= 0.6 is 0 Å². The first-order valence-electron chi connectivity index (χ1n) is 13.2. The monoisotopic (exact) mass is 482 g/mol. The van der Waals surface area contributed by atoms with Gasteiger partial charge < -0.3 is 14.6 Å². The van der Waals surface area contributed by atoms with E-state index in [1.807, 2.05) is 30.3 Å². The average Bonchev–Trinajstić information content (AvgIpc) is 3.61. The molecule has 1 unspecified atom stereocenters. The van der Waals surface area contributed by atoms with Crippen LogP contribution in [0.25, 0.3) is 10.9 Å². The van der Waals surface area contributed by atoms with Crippen molar-refractivity contribution in [2.45, 2.75) is 56.6 Å². The minimum atomic E-state index is -0.881. The van der Waals surface area contributed by atoms with Gasteiger partial charge >= 0.3 is 5.97 Å². The maximum absolute atomic E-state index is 12.8. The van der Waals surface area contributed by atoms with Crippen LogP contribution in [0.2, 0.25) is 0 Å². The number of ether oxygens (including phenoxy) is 2. The van der Waals surface area contributed by atoms with Crippen LogP contribution in [0, 0.1) is 11.3 Å². The van der Waals surface area contributed by atoms with E-state index in [1.165, 1.54) is 24.0 Å². The quantitative estimate of drug-likeness (QED) is 0.569. The van der Waals surface area contributed by atoms with E-state index >= 15 is 0 Å². The topological polar surface area (TPSA) is 71.9 Å². The van der Waals surface area contributed by atoms with Gasteiger partial charge in [-0.1, -0.05) is 31.2 Å². The van der Waals surface area contributed by atoms with Crippen molar-refractivity contribution in [2.75, 3.05) is 20.2 Å². The molecule has 1 saturated heterocycles. The molecule has 1 saturated carbocycles. The summed E-state index contributed by atoms with van der Waals surface area (Å²) >= 11 is 0. The molecule has 3 aliphatic carbocycles. The van der Waals surface area contributed by atoms with Gasteiger partial charge in [0.2, 0.25) is 0 Å². The molecule has 1 N–H and O–H groups in total. The molecule has 2 fully saturated rings. The van der Waals surface area contributed by atoms with Gasteiger partial charge in [0.25, 0.3) is 0 Å². The smallest absolute Gasteiger partial charge is 0.336 e. The van der Waals surface area contributed by atoms with Gasteiger partial charge in [-0.25, -0.2) is 9.78 Å². The Balaban J connectivity index is 1.44. The molecule has 184 valence electrons. The van der Waals surface area contributed by atoms with Crippen molar-refractivity contribution in [2.24, 2.45) is 11.3 Å². The zero-order chi connectivity index (χ0) is 24.4. The molecule has 4 atom stereocenters. The van der Waals surface area contributed by atoms with Crippen LogP contribution in [0.1, 0.15) is 65.0 Å². The molecule has 2 bridgehead atoms. The van der Waals surface area contributed by atoms with Crippen molar-refractivity contribution in [1.29, 1.82) is 0 Å². The first-order valence-corrected chi connectivity index (χ1v) is 13.2. The van der Waals surface area contributed by atoms with Crippen LogP contribution in [0.3, 0.4) is 0 Å². The van der Waals surface area contributed by atoms with E-state index in [-0.39, 0.29) is 16.9 Å². The third-order valence-electron chi connectivity index (χ3n) is 10.2. The molecule has 1 spiro atoms. The molecule has 5 aliphatic rings. The number of carboxylic acids is 1. The van der Waals surface area contributed by atoms with E-state index in [2.05, 4.69) is 17.9 Å². The van der Waals surface area contributed by atoms with E-state index in [0.717, 1.165) is 60.1 Å². The number of para-hydroxylation sites is 1. The number of carboxylic acid groups (broad SMARTS) is 1. The Morgan fingerprint density at radius 2 is 2.08 bits per heavy atom. The lowest BCUT2D eigenvalue weighted by Crippen LogP contribution is -2.69. The summed E-state index contributed by atoms with van der Waals surface area (Å²) in [6, 6.07) is 12.3. The van der Waals surface area contributed by atoms with Crippen molar-refractivity contribution < 1.29 is 19.4 Å². The maximum atomic E-state index is 12.8. The van der Waals surface area contributed by atoms with Crippen molar-refractivity contribution in [3.8, 4) is 11.5 Å². The largest absolute Gasteiger partial charge is 0.493 e. The minimum Gasteiger partial charge on any atom is -0.493 e. The van der Waals surface area contributed by atoms with Gasteiger partial charge in [0, 0.05) is 29.0 Å². The SMILES string of the molecule is COc1ccc2c3c1O[C@H]1c4nc5ccccc5c(C(=O)O)c4CC4(C)[C@@H](C2)N(CC2CC2)CC[C@]314. The summed E-state index contributed by atoms with van der Waals surface area (Å²) in [5, 5.41) is 11.2. The lowest BCUT2D eigenvalue weighted by Gasteiger charge is -2.64. The Labute approximate surface area is 210 Å². The second-order valence-corrected chi connectivity index (χ2v) is 11.8. The van der Waals surface area contributed by atoms with E-state index in [9.17, 15) is 9.90 Å². The molecule has 2 aliphatic heterocycles. The molecule has 6 nitrogen and oxygen atoms in total. The number of benzene rings is 2. The van der Waals surface area contributed by atoms with Crippen LogP contribution in [0.15, 0.2) is 36.4 Å². The molecule has 1 aromatic heterocycles. The Morgan fingerprint density at radius 1 is 1.25 bits per heavy atom. The van der Waals surface area contributed by atoms with Crippen molar-refractivity contribution in [3.63, 3.8) is 0 Å². The molecule has 36 heavy (non-hydrogen) atoms. The summed E-state index contributed by atoms with van der Waals surface area (Å²) in [5.41, 5.74) is 5.04. The predicted molar refractivity (Wildman–Crippen MR) is 135 cm³/mol. The fraction of sp³-hybridized carbons (Fsp3) is 0.467. The number of methoxy groups -OCH3 is 1. The van der Waals surface area contributed by atoms with Gasteiger partial charge in [0.15, 0.2) is 17.6 Å². The number of nitrogens with zero attached hydrogens (tertiary/aromatic N) is 2. The fourth-order valence-corrected chi connectivity index (χ4v) is 8.45. The van der Waals surface area contributed by atoms with Crippen molar-refractivity contribution >= 4 is 16.9 Å². The molecule has 6 heteroatoms. The third kappa shape index (κ3) is 2.37. The molecule has 0 radical (unpaired) electrons. The van der Waals surface area contributed by atoms with E-state index in [1.54, 1.807) is 7.11 Å². The average molecular weight is 483 g/mol. The van der Waals surface area contributed by atoms with Crippen LogP contribution in [0.5, 0.6) is 11.5 Å². The van der Waals surface area contributed by atoms with Gasteiger partial charge in [0.1, 0.15) is 0 Å². The Hall–Kier alpha value is -3.12. The number of aromatic carboxylic acids is 1. The minimum absolute atomic E-state index is 0.170. The number of pyridine rings is 1. The first-order chi connectivity index (χ1) is 17.5. The van der Waals surface area contributed by atoms with Crippen molar-refractivity contribution in [1.82, 2.24) is 9.88 Å². The van der Waals surface area contributed by atoms with Gasteiger partial charge in [-0.3, -0.25) is 4.90 Å². The van der Waals surface area contributed by atoms with Gasteiger partial charge in [-0.15, -0.1) is 0 Å². The van der Waals surface area contributed by atoms with Crippen molar-refractivity contribution in [3.05, 3.63) is 64.3 Å². The highest BCUT2D eigenvalue weighted by Crippen LogP contribution is 2.72. The number of carbonyl (C=O) groups is 1. The Bertz CT molecular complexity index is 1480. The first kappa shape index (κ1) is 21.0. The highest BCUT2D eigenvalue weighted by atomic mass is 16.5. The third-order valence-corrected chi connectivity index (χ3v) is 10.2. The highest BCUT2D eigenvalue weighted by molar-refractivity contribution is 6.04. The number of likely N-dealkylation sites (tertiary alicyclic amines) is 1.